The number of benzene rings is 2. The van der Waals surface area contributed by atoms with Gasteiger partial charge in [0, 0.05) is 11.7 Å². The first-order valence-electron chi connectivity index (χ1n) is 8.07. The molecule has 0 radical (unpaired) electrons. The smallest absolute Gasteiger partial charge is 0.0342 e. The Kier molecular flexibility index (Phi) is 4.01. The number of hydrogen-bond donors (Lipinski definition) is 1. The fourth-order valence-electron chi connectivity index (χ4n) is 3.35. The Bertz CT molecular complexity index is 569. The van der Waals surface area contributed by atoms with Crippen LogP contribution >= 0.6 is 0 Å². The van der Waals surface area contributed by atoms with Crippen molar-refractivity contribution in [1.29, 1.82) is 0 Å². The van der Waals surface area contributed by atoms with Gasteiger partial charge in [-0.3, -0.25) is 0 Å². The van der Waals surface area contributed by atoms with Crippen LogP contribution in [0.5, 0.6) is 0 Å². The van der Waals surface area contributed by atoms with Gasteiger partial charge in [0.25, 0.3) is 0 Å². The van der Waals surface area contributed by atoms with Crippen molar-refractivity contribution in [2.75, 3.05) is 5.32 Å². The van der Waals surface area contributed by atoms with E-state index in [1.165, 1.54) is 42.5 Å². The molecule has 1 unspecified atom stereocenters. The zero-order valence-corrected chi connectivity index (χ0v) is 13.1. The van der Waals surface area contributed by atoms with Crippen LogP contribution in [-0.2, 0) is 0 Å². The van der Waals surface area contributed by atoms with Gasteiger partial charge in [0.15, 0.2) is 0 Å². The summed E-state index contributed by atoms with van der Waals surface area (Å²) in [7, 11) is 0. The third-order valence-corrected chi connectivity index (χ3v) is 4.84. The molecule has 0 aromatic heterocycles. The lowest BCUT2D eigenvalue weighted by molar-refractivity contribution is 0.217. The van der Waals surface area contributed by atoms with Gasteiger partial charge in [0.2, 0.25) is 0 Å². The van der Waals surface area contributed by atoms with Crippen LogP contribution in [0.1, 0.15) is 39.5 Å². The summed E-state index contributed by atoms with van der Waals surface area (Å²) >= 11 is 0. The van der Waals surface area contributed by atoms with E-state index in [1.54, 1.807) is 0 Å². The van der Waals surface area contributed by atoms with Crippen molar-refractivity contribution in [1.82, 2.24) is 0 Å². The Morgan fingerprint density at radius 1 is 0.857 bits per heavy atom. The molecule has 1 fully saturated rings. The molecule has 3 rings (SSSR count). The second kappa shape index (κ2) is 5.93. The van der Waals surface area contributed by atoms with E-state index in [0.29, 0.717) is 11.5 Å². The monoisotopic (exact) mass is 279 g/mol. The van der Waals surface area contributed by atoms with Gasteiger partial charge in [-0.2, -0.15) is 0 Å². The van der Waals surface area contributed by atoms with Gasteiger partial charge in [-0.25, -0.2) is 0 Å². The lowest BCUT2D eigenvalue weighted by Gasteiger charge is -2.39. The highest BCUT2D eigenvalue weighted by Crippen LogP contribution is 2.37. The highest BCUT2D eigenvalue weighted by molar-refractivity contribution is 5.66. The topological polar surface area (TPSA) is 12.0 Å². The summed E-state index contributed by atoms with van der Waals surface area (Å²) in [5.41, 5.74) is 4.21. The predicted molar refractivity (Wildman–Crippen MR) is 91.5 cm³/mol. The van der Waals surface area contributed by atoms with E-state index in [9.17, 15) is 0 Å². The molecule has 1 heteroatoms. The Morgan fingerprint density at radius 3 is 2.19 bits per heavy atom. The third kappa shape index (κ3) is 3.29. The van der Waals surface area contributed by atoms with E-state index in [0.717, 1.165) is 0 Å². The molecule has 1 N–H and O–H groups in total. The lowest BCUT2D eigenvalue weighted by atomic mass is 9.73. The molecule has 0 heterocycles. The number of hydrogen-bond acceptors (Lipinski definition) is 1. The summed E-state index contributed by atoms with van der Waals surface area (Å²) in [6, 6.07) is 20.0. The maximum atomic E-state index is 3.75. The summed E-state index contributed by atoms with van der Waals surface area (Å²) in [5.74, 6) is 0. The molecule has 0 amide bonds. The molecule has 0 spiro atoms. The van der Waals surface area contributed by atoms with Crippen LogP contribution in [0, 0.1) is 5.41 Å². The molecule has 1 nitrogen and oxygen atoms in total. The maximum absolute atomic E-state index is 3.75. The largest absolute Gasteiger partial charge is 0.382 e. The van der Waals surface area contributed by atoms with Crippen LogP contribution in [0.3, 0.4) is 0 Å². The van der Waals surface area contributed by atoms with Gasteiger partial charge in [0.1, 0.15) is 0 Å². The van der Waals surface area contributed by atoms with Crippen LogP contribution in [0.4, 0.5) is 5.69 Å². The summed E-state index contributed by atoms with van der Waals surface area (Å²) < 4.78 is 0. The Hall–Kier alpha value is -1.76. The molecule has 2 aromatic carbocycles. The van der Waals surface area contributed by atoms with Crippen molar-refractivity contribution in [2.24, 2.45) is 5.41 Å². The van der Waals surface area contributed by atoms with Crippen LogP contribution < -0.4 is 5.32 Å². The van der Waals surface area contributed by atoms with Gasteiger partial charge in [-0.05, 0) is 41.5 Å². The molecule has 2 aromatic rings. The van der Waals surface area contributed by atoms with Crippen molar-refractivity contribution in [2.45, 2.75) is 45.6 Å². The number of rotatable bonds is 3. The molecule has 1 aliphatic carbocycles. The second-order valence-corrected chi connectivity index (χ2v) is 6.87. The molecule has 0 aliphatic heterocycles. The first kappa shape index (κ1) is 14.2. The minimum atomic E-state index is 0.399. The molecule has 21 heavy (non-hydrogen) atoms. The Morgan fingerprint density at radius 2 is 1.52 bits per heavy atom. The van der Waals surface area contributed by atoms with Crippen LogP contribution in [0.15, 0.2) is 54.6 Å². The van der Waals surface area contributed by atoms with Gasteiger partial charge in [-0.1, -0.05) is 69.2 Å². The average molecular weight is 279 g/mol. The molecule has 1 atom stereocenters. The third-order valence-electron chi connectivity index (χ3n) is 4.84. The molecule has 0 bridgehead atoms. The maximum Gasteiger partial charge on any atom is 0.0342 e. The minimum absolute atomic E-state index is 0.399. The Labute approximate surface area is 128 Å². The molecular weight excluding hydrogens is 254 g/mol. The SMILES string of the molecule is CC1(C)CCCCC1Nc1ccc(-c2ccccc2)cc1. The van der Waals surface area contributed by atoms with E-state index >= 15 is 0 Å². The first-order chi connectivity index (χ1) is 10.1. The molecular formula is C20H25N. The lowest BCUT2D eigenvalue weighted by Crippen LogP contribution is -2.38. The average Bonchev–Trinajstić information content (AvgIpc) is 2.51. The van der Waals surface area contributed by atoms with Gasteiger partial charge in [-0.15, -0.1) is 0 Å². The highest BCUT2D eigenvalue weighted by atomic mass is 14.9. The van der Waals surface area contributed by atoms with Crippen LogP contribution in [-0.4, -0.2) is 6.04 Å². The van der Waals surface area contributed by atoms with Crippen LogP contribution in [0.2, 0.25) is 0 Å². The predicted octanol–water partition coefficient (Wildman–Crippen LogP) is 5.73. The molecule has 1 saturated carbocycles. The highest BCUT2D eigenvalue weighted by Gasteiger charge is 2.31. The van der Waals surface area contributed by atoms with E-state index in [4.69, 9.17) is 0 Å². The number of nitrogens with one attached hydrogen (secondary N) is 1. The van der Waals surface area contributed by atoms with E-state index in [2.05, 4.69) is 73.8 Å². The minimum Gasteiger partial charge on any atom is -0.382 e. The van der Waals surface area contributed by atoms with E-state index in [1.807, 2.05) is 0 Å². The summed E-state index contributed by atoms with van der Waals surface area (Å²) in [6.07, 6.45) is 5.33. The van der Waals surface area contributed by atoms with Crippen molar-refractivity contribution in [3.63, 3.8) is 0 Å². The zero-order valence-electron chi connectivity index (χ0n) is 13.1. The second-order valence-electron chi connectivity index (χ2n) is 6.87. The van der Waals surface area contributed by atoms with Crippen molar-refractivity contribution < 1.29 is 0 Å². The summed E-state index contributed by atoms with van der Waals surface area (Å²) in [6.45, 7) is 4.78. The first-order valence-corrected chi connectivity index (χ1v) is 8.07. The van der Waals surface area contributed by atoms with Gasteiger partial charge >= 0.3 is 0 Å². The molecule has 1 aliphatic rings. The van der Waals surface area contributed by atoms with Crippen molar-refractivity contribution in [3.05, 3.63) is 54.6 Å². The fourth-order valence-corrected chi connectivity index (χ4v) is 3.35. The summed E-state index contributed by atoms with van der Waals surface area (Å²) in [5, 5.41) is 3.75. The van der Waals surface area contributed by atoms with Gasteiger partial charge in [0.05, 0.1) is 0 Å². The molecule has 0 saturated heterocycles. The Balaban J connectivity index is 1.73. The standard InChI is InChI=1S/C20H25N/c1-20(2)15-7-6-10-19(20)21-18-13-11-17(12-14-18)16-8-4-3-5-9-16/h3-5,8-9,11-14,19,21H,6-7,10,15H2,1-2H3. The summed E-state index contributed by atoms with van der Waals surface area (Å²) in [4.78, 5) is 0. The van der Waals surface area contributed by atoms with Crippen molar-refractivity contribution in [3.8, 4) is 11.1 Å². The number of anilines is 1. The van der Waals surface area contributed by atoms with Crippen molar-refractivity contribution >= 4 is 5.69 Å². The normalized spacial score (nSPS) is 21.0. The van der Waals surface area contributed by atoms with Crippen LogP contribution in [0.25, 0.3) is 11.1 Å². The fraction of sp³-hybridized carbons (Fsp3) is 0.400. The van der Waals surface area contributed by atoms with E-state index in [-0.39, 0.29) is 0 Å². The molecule has 110 valence electrons. The van der Waals surface area contributed by atoms with E-state index < -0.39 is 0 Å². The van der Waals surface area contributed by atoms with Gasteiger partial charge < -0.3 is 5.32 Å². The quantitative estimate of drug-likeness (QED) is 0.756. The zero-order chi connectivity index (χ0) is 14.7.